The van der Waals surface area contributed by atoms with Gasteiger partial charge in [0.05, 0.1) is 30.0 Å². The summed E-state index contributed by atoms with van der Waals surface area (Å²) in [5.74, 6) is 0. The first-order valence-corrected chi connectivity index (χ1v) is 7.85. The smallest absolute Gasteiger partial charge is 0.133 e. The van der Waals surface area contributed by atoms with E-state index in [2.05, 4.69) is 20.0 Å². The molecule has 0 aromatic carbocycles. The number of aromatic nitrogens is 2. The van der Waals surface area contributed by atoms with Crippen LogP contribution in [0.4, 0.5) is 0 Å². The maximum atomic E-state index is 8.58. The molecule has 0 saturated heterocycles. The number of hydrogen-bond acceptors (Lipinski definition) is 6. The molecule has 2 aromatic rings. The van der Waals surface area contributed by atoms with Gasteiger partial charge < -0.3 is 5.73 Å². The van der Waals surface area contributed by atoms with Gasteiger partial charge in [-0.1, -0.05) is 23.2 Å². The van der Waals surface area contributed by atoms with Crippen molar-refractivity contribution in [3.63, 3.8) is 0 Å². The number of nitriles is 1. The zero-order valence-electron chi connectivity index (χ0n) is 12.5. The summed E-state index contributed by atoms with van der Waals surface area (Å²) in [5, 5.41) is 9.58. The SMILES string of the molecule is N#Cc1cnc2c(c1)C(Cl)=NC2.NCc1cnc2c(c1)C(Cl)=NC2. The Balaban J connectivity index is 0.000000141. The Kier molecular flexibility index (Phi) is 4.86. The lowest BCUT2D eigenvalue weighted by Gasteiger charge is -1.99. The minimum atomic E-state index is 0.453. The maximum absolute atomic E-state index is 8.58. The molecule has 2 aromatic heterocycles. The molecule has 24 heavy (non-hydrogen) atoms. The molecule has 0 radical (unpaired) electrons. The molecular weight excluding hydrogens is 347 g/mol. The summed E-state index contributed by atoms with van der Waals surface area (Å²) in [5.41, 5.74) is 10.5. The summed E-state index contributed by atoms with van der Waals surface area (Å²) >= 11 is 11.6. The van der Waals surface area contributed by atoms with Crippen LogP contribution in [0, 0.1) is 11.3 Å². The normalized spacial score (nSPS) is 13.9. The second kappa shape index (κ2) is 7.05. The molecular formula is C16H12Cl2N6. The lowest BCUT2D eigenvalue weighted by molar-refractivity contribution is 0.986. The van der Waals surface area contributed by atoms with Gasteiger partial charge >= 0.3 is 0 Å². The summed E-state index contributed by atoms with van der Waals surface area (Å²) in [6.07, 6.45) is 3.30. The first kappa shape index (κ1) is 16.5. The van der Waals surface area contributed by atoms with Gasteiger partial charge in [-0.15, -0.1) is 0 Å². The molecule has 2 aliphatic heterocycles. The highest BCUT2D eigenvalue weighted by Crippen LogP contribution is 2.20. The van der Waals surface area contributed by atoms with E-state index in [4.69, 9.17) is 34.2 Å². The van der Waals surface area contributed by atoms with Crippen molar-refractivity contribution in [2.45, 2.75) is 19.6 Å². The van der Waals surface area contributed by atoms with Crippen LogP contribution in [0.5, 0.6) is 0 Å². The highest BCUT2D eigenvalue weighted by Gasteiger charge is 2.15. The van der Waals surface area contributed by atoms with Crippen molar-refractivity contribution in [3.05, 3.63) is 58.2 Å². The van der Waals surface area contributed by atoms with Crippen molar-refractivity contribution < 1.29 is 0 Å². The number of aliphatic imine (C=N–C) groups is 2. The van der Waals surface area contributed by atoms with E-state index in [0.717, 1.165) is 28.1 Å². The van der Waals surface area contributed by atoms with Crippen LogP contribution in [-0.4, -0.2) is 20.3 Å². The summed E-state index contributed by atoms with van der Waals surface area (Å²) in [7, 11) is 0. The minimum Gasteiger partial charge on any atom is -0.326 e. The van der Waals surface area contributed by atoms with E-state index in [-0.39, 0.29) is 0 Å². The standard InChI is InChI=1S/C8H8ClN3.C8H4ClN3/c2*9-8-6-1-5(2-10)3-11-7(6)4-12-8/h1,3H,2,4,10H2;1,3H,4H2. The number of rotatable bonds is 1. The molecule has 2 N–H and O–H groups in total. The van der Waals surface area contributed by atoms with Crippen molar-refractivity contribution in [3.8, 4) is 6.07 Å². The van der Waals surface area contributed by atoms with Gasteiger partial charge in [0.2, 0.25) is 0 Å². The van der Waals surface area contributed by atoms with Crippen LogP contribution < -0.4 is 5.73 Å². The highest BCUT2D eigenvalue weighted by atomic mass is 35.5. The number of nitrogens with zero attached hydrogens (tertiary/aromatic N) is 5. The van der Waals surface area contributed by atoms with Crippen LogP contribution >= 0.6 is 23.2 Å². The van der Waals surface area contributed by atoms with Gasteiger partial charge in [-0.25, -0.2) is 0 Å². The van der Waals surface area contributed by atoms with Crippen LogP contribution in [0.2, 0.25) is 0 Å². The van der Waals surface area contributed by atoms with Crippen molar-refractivity contribution in [2.75, 3.05) is 0 Å². The van der Waals surface area contributed by atoms with Gasteiger partial charge in [0, 0.05) is 30.1 Å². The van der Waals surface area contributed by atoms with Gasteiger partial charge in [-0.3, -0.25) is 20.0 Å². The molecule has 8 heteroatoms. The van der Waals surface area contributed by atoms with E-state index in [1.165, 1.54) is 6.20 Å². The number of halogens is 2. The third-order valence-electron chi connectivity index (χ3n) is 3.54. The van der Waals surface area contributed by atoms with E-state index in [1.54, 1.807) is 12.3 Å². The average Bonchev–Trinajstić information content (AvgIpc) is 3.18. The molecule has 0 spiro atoms. The summed E-state index contributed by atoms with van der Waals surface area (Å²) < 4.78 is 0. The first-order valence-electron chi connectivity index (χ1n) is 7.10. The molecule has 0 atom stereocenters. The zero-order valence-corrected chi connectivity index (χ0v) is 14.0. The van der Waals surface area contributed by atoms with Gasteiger partial charge in [-0.05, 0) is 17.7 Å². The molecule has 2 aliphatic rings. The molecule has 0 fully saturated rings. The third kappa shape index (κ3) is 3.29. The van der Waals surface area contributed by atoms with E-state index in [9.17, 15) is 0 Å². The molecule has 0 aliphatic carbocycles. The number of nitrogens with two attached hydrogens (primary N) is 1. The Morgan fingerprint density at radius 3 is 2.17 bits per heavy atom. The molecule has 120 valence electrons. The Hall–Kier alpha value is -2.33. The molecule has 0 amide bonds. The van der Waals surface area contributed by atoms with Crippen molar-refractivity contribution in [2.24, 2.45) is 15.7 Å². The zero-order chi connectivity index (χ0) is 17.1. The third-order valence-corrected chi connectivity index (χ3v) is 4.19. The second-order valence-electron chi connectivity index (χ2n) is 5.09. The monoisotopic (exact) mass is 358 g/mol. The first-order chi connectivity index (χ1) is 11.6. The maximum Gasteiger partial charge on any atom is 0.133 e. The van der Waals surface area contributed by atoms with E-state index < -0.39 is 0 Å². The summed E-state index contributed by atoms with van der Waals surface area (Å²) in [6, 6.07) is 5.66. The van der Waals surface area contributed by atoms with Gasteiger partial charge in [0.15, 0.2) is 0 Å². The molecule has 0 bridgehead atoms. The Labute approximate surface area is 148 Å². The second-order valence-corrected chi connectivity index (χ2v) is 5.80. The Morgan fingerprint density at radius 1 is 1.00 bits per heavy atom. The van der Waals surface area contributed by atoms with E-state index >= 15 is 0 Å². The van der Waals surface area contributed by atoms with Gasteiger partial charge in [-0.2, -0.15) is 5.26 Å². The predicted molar refractivity (Wildman–Crippen MR) is 93.3 cm³/mol. The van der Waals surface area contributed by atoms with Crippen LogP contribution in [0.25, 0.3) is 0 Å². The molecule has 4 rings (SSSR count). The molecule has 0 unspecified atom stereocenters. The lowest BCUT2D eigenvalue weighted by atomic mass is 10.2. The fourth-order valence-corrected chi connectivity index (χ4v) is 2.72. The van der Waals surface area contributed by atoms with Gasteiger partial charge in [0.1, 0.15) is 16.4 Å². The van der Waals surface area contributed by atoms with Crippen LogP contribution in [0.1, 0.15) is 33.6 Å². The van der Waals surface area contributed by atoms with Crippen LogP contribution in [0.3, 0.4) is 0 Å². The van der Waals surface area contributed by atoms with E-state index in [0.29, 0.717) is 35.5 Å². The van der Waals surface area contributed by atoms with Crippen molar-refractivity contribution >= 4 is 33.5 Å². The molecule has 4 heterocycles. The quantitative estimate of drug-likeness (QED) is 0.845. The largest absolute Gasteiger partial charge is 0.326 e. The van der Waals surface area contributed by atoms with Crippen molar-refractivity contribution in [1.82, 2.24) is 9.97 Å². The number of pyridine rings is 2. The van der Waals surface area contributed by atoms with Crippen LogP contribution in [0.15, 0.2) is 34.5 Å². The highest BCUT2D eigenvalue weighted by molar-refractivity contribution is 6.70. The fraction of sp³-hybridized carbons (Fsp3) is 0.188. The van der Waals surface area contributed by atoms with E-state index in [1.807, 2.05) is 12.1 Å². The Morgan fingerprint density at radius 2 is 1.58 bits per heavy atom. The molecule has 0 saturated carbocycles. The summed E-state index contributed by atoms with van der Waals surface area (Å²) in [6.45, 7) is 1.61. The topological polar surface area (TPSA) is 100 Å². The predicted octanol–water partition coefficient (Wildman–Crippen LogP) is 2.49. The lowest BCUT2D eigenvalue weighted by Crippen LogP contribution is -2.01. The number of fused-ring (bicyclic) bond motifs is 2. The number of hydrogen-bond donors (Lipinski definition) is 1. The average molecular weight is 359 g/mol. The molecule has 6 nitrogen and oxygen atoms in total. The van der Waals surface area contributed by atoms with Crippen LogP contribution in [-0.2, 0) is 19.6 Å². The van der Waals surface area contributed by atoms with Crippen molar-refractivity contribution in [1.29, 1.82) is 5.26 Å². The minimum absolute atomic E-state index is 0.453. The Bertz CT molecular complexity index is 898. The summed E-state index contributed by atoms with van der Waals surface area (Å²) in [4.78, 5) is 16.3. The van der Waals surface area contributed by atoms with Gasteiger partial charge in [0.25, 0.3) is 0 Å². The fourth-order valence-electron chi connectivity index (χ4n) is 2.27.